The van der Waals surface area contributed by atoms with Crippen molar-refractivity contribution in [2.24, 2.45) is 0 Å². The first-order valence-corrected chi connectivity index (χ1v) is 8.03. The smallest absolute Gasteiger partial charge is 0.0799 e. The van der Waals surface area contributed by atoms with Gasteiger partial charge >= 0.3 is 0 Å². The molecule has 1 aromatic rings. The van der Waals surface area contributed by atoms with Crippen LogP contribution >= 0.6 is 0 Å². The van der Waals surface area contributed by atoms with E-state index >= 15 is 0 Å². The molecule has 1 fully saturated rings. The van der Waals surface area contributed by atoms with Crippen LogP contribution in [0.1, 0.15) is 57.8 Å². The van der Waals surface area contributed by atoms with Gasteiger partial charge < -0.3 is 4.90 Å². The molecule has 0 aliphatic carbocycles. The molecule has 20 heavy (non-hydrogen) atoms. The topological polar surface area (TPSA) is 24.3 Å². The standard InChI is InChI=1S/C16H30N4/c1-6-18-7-9-19(10-8-18)12-16-15(13(2)3)11-20(17-16)14(4)5/h11,13-14H,6-10,12H2,1-5H3. The van der Waals surface area contributed by atoms with Gasteiger partial charge in [0, 0.05) is 45.0 Å². The predicted molar refractivity (Wildman–Crippen MR) is 84.1 cm³/mol. The first-order chi connectivity index (χ1) is 9.51. The van der Waals surface area contributed by atoms with Gasteiger partial charge in [-0.15, -0.1) is 0 Å². The molecular weight excluding hydrogens is 248 g/mol. The number of aromatic nitrogens is 2. The Morgan fingerprint density at radius 3 is 2.15 bits per heavy atom. The zero-order chi connectivity index (χ0) is 14.7. The number of hydrogen-bond donors (Lipinski definition) is 0. The molecule has 1 aliphatic heterocycles. The lowest BCUT2D eigenvalue weighted by molar-refractivity contribution is 0.130. The molecule has 114 valence electrons. The highest BCUT2D eigenvalue weighted by Crippen LogP contribution is 2.22. The average Bonchev–Trinajstić information content (AvgIpc) is 2.84. The number of piperazine rings is 1. The predicted octanol–water partition coefficient (Wildman–Crippen LogP) is 2.72. The van der Waals surface area contributed by atoms with E-state index in [-0.39, 0.29) is 0 Å². The summed E-state index contributed by atoms with van der Waals surface area (Å²) in [4.78, 5) is 5.07. The third-order valence-corrected chi connectivity index (χ3v) is 4.28. The lowest BCUT2D eigenvalue weighted by Gasteiger charge is -2.33. The lowest BCUT2D eigenvalue weighted by Crippen LogP contribution is -2.45. The molecule has 0 saturated carbocycles. The summed E-state index contributed by atoms with van der Waals surface area (Å²) in [6, 6.07) is 0.443. The van der Waals surface area contributed by atoms with Gasteiger partial charge in [0.1, 0.15) is 0 Å². The normalized spacial score (nSPS) is 18.4. The molecule has 0 atom stereocenters. The summed E-state index contributed by atoms with van der Waals surface area (Å²) in [6.45, 7) is 18.1. The number of rotatable bonds is 5. The first-order valence-electron chi connectivity index (χ1n) is 8.03. The van der Waals surface area contributed by atoms with Gasteiger partial charge in [-0.05, 0) is 31.9 Å². The highest BCUT2D eigenvalue weighted by Gasteiger charge is 2.20. The number of hydrogen-bond acceptors (Lipinski definition) is 3. The van der Waals surface area contributed by atoms with E-state index in [0.29, 0.717) is 12.0 Å². The highest BCUT2D eigenvalue weighted by molar-refractivity contribution is 5.21. The minimum absolute atomic E-state index is 0.443. The number of likely N-dealkylation sites (N-methyl/N-ethyl adjacent to an activating group) is 1. The fourth-order valence-electron chi connectivity index (χ4n) is 2.79. The summed E-state index contributed by atoms with van der Waals surface area (Å²) >= 11 is 0. The van der Waals surface area contributed by atoms with Crippen LogP contribution in [0.2, 0.25) is 0 Å². The Bertz CT molecular complexity index is 414. The summed E-state index contributed by atoms with van der Waals surface area (Å²) in [5, 5.41) is 4.83. The molecule has 2 heterocycles. The van der Waals surface area contributed by atoms with Crippen molar-refractivity contribution in [2.45, 2.75) is 53.1 Å². The molecule has 0 amide bonds. The summed E-state index contributed by atoms with van der Waals surface area (Å²) in [5.74, 6) is 0.550. The zero-order valence-electron chi connectivity index (χ0n) is 13.8. The van der Waals surface area contributed by atoms with E-state index in [0.717, 1.165) is 6.54 Å². The van der Waals surface area contributed by atoms with E-state index in [2.05, 4.69) is 55.3 Å². The maximum absolute atomic E-state index is 4.83. The minimum atomic E-state index is 0.443. The fourth-order valence-corrected chi connectivity index (χ4v) is 2.79. The van der Waals surface area contributed by atoms with Crippen LogP contribution < -0.4 is 0 Å². The molecule has 0 spiro atoms. The van der Waals surface area contributed by atoms with Crippen molar-refractivity contribution in [3.63, 3.8) is 0 Å². The molecule has 0 aromatic carbocycles. The van der Waals surface area contributed by atoms with Crippen molar-refractivity contribution in [1.29, 1.82) is 0 Å². The molecule has 4 nitrogen and oxygen atoms in total. The average molecular weight is 278 g/mol. The second-order valence-electron chi connectivity index (χ2n) is 6.47. The van der Waals surface area contributed by atoms with Crippen LogP contribution in [0.4, 0.5) is 0 Å². The molecule has 1 saturated heterocycles. The summed E-state index contributed by atoms with van der Waals surface area (Å²) in [6.07, 6.45) is 2.24. The van der Waals surface area contributed by atoms with Crippen molar-refractivity contribution in [2.75, 3.05) is 32.7 Å². The maximum atomic E-state index is 4.83. The van der Waals surface area contributed by atoms with Crippen molar-refractivity contribution >= 4 is 0 Å². The van der Waals surface area contributed by atoms with Gasteiger partial charge in [-0.3, -0.25) is 9.58 Å². The van der Waals surface area contributed by atoms with E-state index in [9.17, 15) is 0 Å². The van der Waals surface area contributed by atoms with E-state index in [1.807, 2.05) is 0 Å². The largest absolute Gasteiger partial charge is 0.301 e. The van der Waals surface area contributed by atoms with E-state index in [4.69, 9.17) is 5.10 Å². The third-order valence-electron chi connectivity index (χ3n) is 4.28. The van der Waals surface area contributed by atoms with Crippen LogP contribution in [0.25, 0.3) is 0 Å². The van der Waals surface area contributed by atoms with Crippen LogP contribution in [0.5, 0.6) is 0 Å². The van der Waals surface area contributed by atoms with Crippen LogP contribution in [0.15, 0.2) is 6.20 Å². The van der Waals surface area contributed by atoms with Gasteiger partial charge in [0.25, 0.3) is 0 Å². The molecule has 0 bridgehead atoms. The molecule has 1 aromatic heterocycles. The molecule has 4 heteroatoms. The molecule has 0 N–H and O–H groups in total. The monoisotopic (exact) mass is 278 g/mol. The van der Waals surface area contributed by atoms with Crippen molar-refractivity contribution < 1.29 is 0 Å². The Labute approximate surface area is 123 Å². The van der Waals surface area contributed by atoms with Crippen LogP contribution in [0, 0.1) is 0 Å². The van der Waals surface area contributed by atoms with Gasteiger partial charge in [-0.1, -0.05) is 20.8 Å². The van der Waals surface area contributed by atoms with Gasteiger partial charge in [0.2, 0.25) is 0 Å². The maximum Gasteiger partial charge on any atom is 0.0799 e. The van der Waals surface area contributed by atoms with Gasteiger partial charge in [-0.25, -0.2) is 0 Å². The molecule has 0 unspecified atom stereocenters. The molecular formula is C16H30N4. The lowest BCUT2D eigenvalue weighted by atomic mass is 10.0. The minimum Gasteiger partial charge on any atom is -0.301 e. The fraction of sp³-hybridized carbons (Fsp3) is 0.812. The Kier molecular flexibility index (Phi) is 5.22. The quantitative estimate of drug-likeness (QED) is 0.827. The van der Waals surface area contributed by atoms with Gasteiger partial charge in [0.15, 0.2) is 0 Å². The Morgan fingerprint density at radius 2 is 1.65 bits per heavy atom. The third kappa shape index (κ3) is 3.61. The second kappa shape index (κ2) is 6.72. The Balaban J connectivity index is 2.05. The zero-order valence-corrected chi connectivity index (χ0v) is 13.8. The van der Waals surface area contributed by atoms with E-state index < -0.39 is 0 Å². The van der Waals surface area contributed by atoms with Crippen LogP contribution in [-0.2, 0) is 6.54 Å². The summed E-state index contributed by atoms with van der Waals surface area (Å²) < 4.78 is 2.12. The van der Waals surface area contributed by atoms with Crippen molar-refractivity contribution in [3.05, 3.63) is 17.5 Å². The summed E-state index contributed by atoms with van der Waals surface area (Å²) in [7, 11) is 0. The SMILES string of the molecule is CCN1CCN(Cc2nn(C(C)C)cc2C(C)C)CC1. The van der Waals surface area contributed by atoms with Crippen molar-refractivity contribution in [3.8, 4) is 0 Å². The second-order valence-corrected chi connectivity index (χ2v) is 6.47. The molecule has 2 rings (SSSR count). The van der Waals surface area contributed by atoms with Gasteiger partial charge in [0.05, 0.1) is 5.69 Å². The van der Waals surface area contributed by atoms with E-state index in [1.165, 1.54) is 44.0 Å². The van der Waals surface area contributed by atoms with Gasteiger partial charge in [-0.2, -0.15) is 5.10 Å². The molecule has 0 radical (unpaired) electrons. The van der Waals surface area contributed by atoms with Crippen molar-refractivity contribution in [1.82, 2.24) is 19.6 Å². The Hall–Kier alpha value is -0.870. The number of nitrogens with zero attached hydrogens (tertiary/aromatic N) is 4. The summed E-state index contributed by atoms with van der Waals surface area (Å²) in [5.41, 5.74) is 2.69. The molecule has 1 aliphatic rings. The van der Waals surface area contributed by atoms with Crippen LogP contribution in [0.3, 0.4) is 0 Å². The first kappa shape index (κ1) is 15.5. The Morgan fingerprint density at radius 1 is 1.05 bits per heavy atom. The van der Waals surface area contributed by atoms with Crippen LogP contribution in [-0.4, -0.2) is 52.3 Å². The highest BCUT2D eigenvalue weighted by atomic mass is 15.3. The van der Waals surface area contributed by atoms with E-state index in [1.54, 1.807) is 0 Å².